The molecule has 0 fully saturated rings. The first kappa shape index (κ1) is 24.6. The van der Waals surface area contributed by atoms with Crippen molar-refractivity contribution in [2.45, 2.75) is 20.3 Å². The zero-order valence-electron chi connectivity index (χ0n) is 15.9. The molecule has 1 aliphatic rings. The van der Waals surface area contributed by atoms with E-state index in [0.717, 1.165) is 6.42 Å². The smallest absolute Gasteiger partial charge is 1.00 e. The fourth-order valence-electron chi connectivity index (χ4n) is 3.16. The summed E-state index contributed by atoms with van der Waals surface area (Å²) in [6.45, 7) is 4.22. The Morgan fingerprint density at radius 1 is 0.857 bits per heavy atom. The largest absolute Gasteiger partial charge is 4.00 e. The van der Waals surface area contributed by atoms with Crippen molar-refractivity contribution in [2.24, 2.45) is 0 Å². The maximum atomic E-state index is 3.19. The van der Waals surface area contributed by atoms with Crippen LogP contribution in [0, 0.1) is 6.08 Å². The van der Waals surface area contributed by atoms with Crippen molar-refractivity contribution >= 4 is 21.5 Å². The maximum absolute atomic E-state index is 3.19. The molecule has 0 saturated heterocycles. The average Bonchev–Trinajstić information content (AvgIpc) is 3.33. The first-order valence-corrected chi connectivity index (χ1v) is 8.68. The summed E-state index contributed by atoms with van der Waals surface area (Å²) in [6.07, 6.45) is 10.8. The number of halogens is 2. The molecule has 1 heterocycles. The predicted molar refractivity (Wildman–Crippen MR) is 107 cm³/mol. The van der Waals surface area contributed by atoms with E-state index >= 15 is 0 Å². The minimum absolute atomic E-state index is 0. The fourth-order valence-corrected chi connectivity index (χ4v) is 3.16. The van der Waals surface area contributed by atoms with Gasteiger partial charge >= 0.3 is 25.8 Å². The zero-order valence-corrected chi connectivity index (χ0v) is 21.0. The second kappa shape index (κ2) is 10.9. The van der Waals surface area contributed by atoms with E-state index in [2.05, 4.69) is 104 Å². The van der Waals surface area contributed by atoms with Gasteiger partial charge in [0.05, 0.1) is 0 Å². The normalized spacial score (nSPS) is 12.1. The number of hydrogen-bond acceptors (Lipinski definition) is 0. The molecule has 1 nitrogen and oxygen atoms in total. The van der Waals surface area contributed by atoms with Gasteiger partial charge in [-0.05, 0) is 16.5 Å². The zero-order chi connectivity index (χ0) is 17.2. The van der Waals surface area contributed by atoms with Gasteiger partial charge in [0.15, 0.2) is 0 Å². The number of aromatic nitrogens is 1. The van der Waals surface area contributed by atoms with Gasteiger partial charge in [0, 0.05) is 12.4 Å². The Kier molecular flexibility index (Phi) is 9.56. The number of rotatable bonds is 1. The summed E-state index contributed by atoms with van der Waals surface area (Å²) in [6, 6.07) is 21.4. The Hall–Kier alpha value is -1.48. The summed E-state index contributed by atoms with van der Waals surface area (Å²) in [5.41, 5.74) is 3.94. The molecule has 0 saturated carbocycles. The van der Waals surface area contributed by atoms with Gasteiger partial charge in [-0.3, -0.25) is 6.08 Å². The third-order valence-corrected chi connectivity index (χ3v) is 4.82. The fraction of sp³-hybridized carbons (Fsp3) is 0.125. The van der Waals surface area contributed by atoms with Crippen molar-refractivity contribution in [1.29, 1.82) is 0 Å². The van der Waals surface area contributed by atoms with Gasteiger partial charge in [0.1, 0.15) is 0 Å². The minimum atomic E-state index is 0. The molecule has 140 valence electrons. The Morgan fingerprint density at radius 2 is 1.43 bits per heavy atom. The first-order chi connectivity index (χ1) is 12.2. The summed E-state index contributed by atoms with van der Waals surface area (Å²) in [5.74, 6) is 0. The molecule has 28 heavy (non-hydrogen) atoms. The summed E-state index contributed by atoms with van der Waals surface area (Å²) in [7, 11) is 0. The molecule has 1 aliphatic carbocycles. The molecule has 1 aromatic heterocycles. The van der Waals surface area contributed by atoms with Crippen molar-refractivity contribution in [3.8, 4) is 5.69 Å². The SMILES string of the molecule is CC1=[C-]CC=C1C.[Cl-].[Cl-].[Hf+4].c1ccc2cn(-c3cc4ccccc4[cH-]3)cc2c1. The summed E-state index contributed by atoms with van der Waals surface area (Å²) < 4.78 is 2.20. The first-order valence-electron chi connectivity index (χ1n) is 8.68. The van der Waals surface area contributed by atoms with E-state index in [4.69, 9.17) is 0 Å². The monoisotopic (exact) mass is 573 g/mol. The van der Waals surface area contributed by atoms with Crippen LogP contribution in [0.1, 0.15) is 20.3 Å². The van der Waals surface area contributed by atoms with E-state index in [1.165, 1.54) is 38.4 Å². The average molecular weight is 573 g/mol. The number of nitrogens with zero attached hydrogens (tertiary/aromatic N) is 1. The van der Waals surface area contributed by atoms with Gasteiger partial charge in [-0.25, -0.2) is 11.1 Å². The number of hydrogen-bond donors (Lipinski definition) is 0. The molecule has 4 heteroatoms. The Bertz CT molecular complexity index is 948. The van der Waals surface area contributed by atoms with Gasteiger partial charge in [0.25, 0.3) is 0 Å². The Balaban J connectivity index is 0.000000341. The minimum Gasteiger partial charge on any atom is -1.00 e. The molecule has 0 unspecified atom stereocenters. The van der Waals surface area contributed by atoms with Crippen molar-refractivity contribution < 1.29 is 50.7 Å². The van der Waals surface area contributed by atoms with Gasteiger partial charge in [-0.15, -0.1) is 54.4 Å². The van der Waals surface area contributed by atoms with Gasteiger partial charge in [-0.2, -0.15) is 6.08 Å². The molecular formula is C24H21Cl2HfN. The van der Waals surface area contributed by atoms with Crippen molar-refractivity contribution in [2.75, 3.05) is 0 Å². The van der Waals surface area contributed by atoms with Crippen LogP contribution in [0.4, 0.5) is 0 Å². The molecule has 3 aromatic carbocycles. The molecule has 0 atom stereocenters. The van der Waals surface area contributed by atoms with Crippen LogP contribution in [0.5, 0.6) is 0 Å². The second-order valence-corrected chi connectivity index (χ2v) is 6.53. The van der Waals surface area contributed by atoms with Crippen molar-refractivity contribution in [1.82, 2.24) is 4.57 Å². The Morgan fingerprint density at radius 3 is 1.89 bits per heavy atom. The van der Waals surface area contributed by atoms with Gasteiger partial charge in [0.2, 0.25) is 0 Å². The topological polar surface area (TPSA) is 4.93 Å². The quantitative estimate of drug-likeness (QED) is 0.233. The number of benzene rings is 2. The number of allylic oxidation sites excluding steroid dienone is 4. The molecule has 0 radical (unpaired) electrons. The van der Waals surface area contributed by atoms with E-state index in [1.807, 2.05) is 0 Å². The summed E-state index contributed by atoms with van der Waals surface area (Å²) >= 11 is 0. The van der Waals surface area contributed by atoms with Crippen molar-refractivity contribution in [3.63, 3.8) is 0 Å². The third-order valence-electron chi connectivity index (χ3n) is 4.82. The molecule has 0 bridgehead atoms. The molecule has 0 N–H and O–H groups in total. The van der Waals surface area contributed by atoms with E-state index in [0.29, 0.717) is 0 Å². The van der Waals surface area contributed by atoms with E-state index in [9.17, 15) is 0 Å². The van der Waals surface area contributed by atoms with Crippen LogP contribution in [0.3, 0.4) is 0 Å². The van der Waals surface area contributed by atoms with Crippen LogP contribution >= 0.6 is 0 Å². The molecule has 0 amide bonds. The van der Waals surface area contributed by atoms with Gasteiger partial charge < -0.3 is 29.4 Å². The second-order valence-electron chi connectivity index (χ2n) is 6.53. The molecule has 5 rings (SSSR count). The summed E-state index contributed by atoms with van der Waals surface area (Å²) in [5, 5.41) is 5.15. The standard InChI is InChI=1S/C17H12N.C7H9.2ClH.Hf/c1-2-6-14-10-17(9-13(14)5-1)18-11-15-7-3-4-8-16(15)12-18;1-6-4-3-5-7(6)2;;;/h1-12H;4H,3H2,1-2H3;2*1H;/q2*-1;;;+4/p-2. The van der Waals surface area contributed by atoms with E-state index < -0.39 is 0 Å². The maximum Gasteiger partial charge on any atom is 4.00 e. The van der Waals surface area contributed by atoms with Crippen LogP contribution in [-0.2, 0) is 25.8 Å². The molecule has 4 aromatic rings. The van der Waals surface area contributed by atoms with Crippen LogP contribution in [0.15, 0.2) is 90.3 Å². The van der Waals surface area contributed by atoms with Crippen LogP contribution in [0.2, 0.25) is 0 Å². The van der Waals surface area contributed by atoms with Crippen LogP contribution < -0.4 is 24.8 Å². The predicted octanol–water partition coefficient (Wildman–Crippen LogP) is 0.594. The Labute approximate surface area is 198 Å². The van der Waals surface area contributed by atoms with Crippen molar-refractivity contribution in [3.05, 3.63) is 96.4 Å². The molecule has 0 aliphatic heterocycles. The van der Waals surface area contributed by atoms with E-state index in [-0.39, 0.29) is 50.7 Å². The molecule has 0 spiro atoms. The van der Waals surface area contributed by atoms with Gasteiger partial charge in [-0.1, -0.05) is 37.3 Å². The van der Waals surface area contributed by atoms with E-state index in [1.54, 1.807) is 0 Å². The van der Waals surface area contributed by atoms with Crippen LogP contribution in [-0.4, -0.2) is 4.57 Å². The molecular weight excluding hydrogens is 552 g/mol. The number of fused-ring (bicyclic) bond motifs is 2. The van der Waals surface area contributed by atoms with Crippen LogP contribution in [0.25, 0.3) is 27.2 Å². The third kappa shape index (κ3) is 5.31. The summed E-state index contributed by atoms with van der Waals surface area (Å²) in [4.78, 5) is 0.